The highest BCUT2D eigenvalue weighted by Gasteiger charge is 2.05. The molecule has 1 aromatic heterocycles. The first-order valence-corrected chi connectivity index (χ1v) is 7.13. The number of nitrogens with zero attached hydrogens (tertiary/aromatic N) is 1. The molecule has 0 atom stereocenters. The van der Waals surface area contributed by atoms with E-state index in [1.54, 1.807) is 7.11 Å². The van der Waals surface area contributed by atoms with Gasteiger partial charge in [-0.1, -0.05) is 35.9 Å². The van der Waals surface area contributed by atoms with Gasteiger partial charge in [0.1, 0.15) is 5.75 Å². The molecule has 1 heterocycles. The van der Waals surface area contributed by atoms with Gasteiger partial charge in [-0.2, -0.15) is 0 Å². The fraction of sp³-hybridized carbons (Fsp3) is 0.111. The Morgan fingerprint density at radius 1 is 1.05 bits per heavy atom. The highest BCUT2D eigenvalue weighted by molar-refractivity contribution is 6.32. The lowest BCUT2D eigenvalue weighted by Crippen LogP contribution is -1.90. The van der Waals surface area contributed by atoms with Crippen molar-refractivity contribution in [2.24, 2.45) is 7.05 Å². The van der Waals surface area contributed by atoms with Gasteiger partial charge < -0.3 is 9.30 Å². The standard InChI is InChI=1S/C18H16ClNO/c1-20-15(9-7-13-5-3-4-6-17(13)19)11-14-8-10-16(21-2)12-18(14)20/h3-12H,1-2H3/b9-7+. The molecule has 3 heteroatoms. The van der Waals surface area contributed by atoms with Crippen LogP contribution < -0.4 is 4.74 Å². The van der Waals surface area contributed by atoms with Crippen molar-refractivity contribution in [3.8, 4) is 5.75 Å². The minimum absolute atomic E-state index is 0.759. The van der Waals surface area contributed by atoms with Gasteiger partial charge >= 0.3 is 0 Å². The Morgan fingerprint density at radius 3 is 2.62 bits per heavy atom. The fourth-order valence-electron chi connectivity index (χ4n) is 2.40. The molecular formula is C18H16ClNO. The summed E-state index contributed by atoms with van der Waals surface area (Å²) in [5, 5.41) is 1.95. The molecule has 0 bridgehead atoms. The van der Waals surface area contributed by atoms with E-state index in [0.717, 1.165) is 27.5 Å². The van der Waals surface area contributed by atoms with Crippen molar-refractivity contribution in [1.82, 2.24) is 4.57 Å². The van der Waals surface area contributed by atoms with Gasteiger partial charge in [0.05, 0.1) is 12.6 Å². The Balaban J connectivity index is 2.01. The number of fused-ring (bicyclic) bond motifs is 1. The van der Waals surface area contributed by atoms with E-state index < -0.39 is 0 Å². The number of benzene rings is 2. The van der Waals surface area contributed by atoms with Gasteiger partial charge in [-0.05, 0) is 35.9 Å². The van der Waals surface area contributed by atoms with Crippen LogP contribution in [0.3, 0.4) is 0 Å². The quantitative estimate of drug-likeness (QED) is 0.663. The fourth-order valence-corrected chi connectivity index (χ4v) is 2.60. The third-order valence-electron chi connectivity index (χ3n) is 3.63. The summed E-state index contributed by atoms with van der Waals surface area (Å²) in [5.74, 6) is 0.866. The zero-order chi connectivity index (χ0) is 14.8. The van der Waals surface area contributed by atoms with Crippen LogP contribution in [0.15, 0.2) is 48.5 Å². The molecule has 21 heavy (non-hydrogen) atoms. The normalized spacial score (nSPS) is 11.4. The molecule has 0 N–H and O–H groups in total. The average molecular weight is 298 g/mol. The van der Waals surface area contributed by atoms with Crippen LogP contribution in [0.25, 0.3) is 23.1 Å². The molecule has 3 aromatic rings. The Labute approximate surface area is 129 Å². The van der Waals surface area contributed by atoms with Crippen LogP contribution in [-0.4, -0.2) is 11.7 Å². The van der Waals surface area contributed by atoms with Gasteiger partial charge in [-0.3, -0.25) is 0 Å². The van der Waals surface area contributed by atoms with E-state index in [0.29, 0.717) is 0 Å². The number of ether oxygens (including phenoxy) is 1. The van der Waals surface area contributed by atoms with E-state index >= 15 is 0 Å². The van der Waals surface area contributed by atoms with Crippen molar-refractivity contribution >= 4 is 34.7 Å². The lowest BCUT2D eigenvalue weighted by molar-refractivity contribution is 0.415. The molecule has 0 amide bonds. The maximum Gasteiger partial charge on any atom is 0.120 e. The van der Waals surface area contributed by atoms with Crippen molar-refractivity contribution in [3.05, 3.63) is 64.8 Å². The monoisotopic (exact) mass is 297 g/mol. The highest BCUT2D eigenvalue weighted by atomic mass is 35.5. The SMILES string of the molecule is COc1ccc2cc(/C=C/c3ccccc3Cl)n(C)c2c1. The van der Waals surface area contributed by atoms with Gasteiger partial charge in [0.2, 0.25) is 0 Å². The number of halogens is 1. The van der Waals surface area contributed by atoms with Gasteiger partial charge in [0.25, 0.3) is 0 Å². The average Bonchev–Trinajstić information content (AvgIpc) is 2.82. The van der Waals surface area contributed by atoms with Gasteiger partial charge in [-0.15, -0.1) is 0 Å². The lowest BCUT2D eigenvalue weighted by Gasteiger charge is -2.02. The number of aryl methyl sites for hydroxylation is 1. The van der Waals surface area contributed by atoms with Crippen LogP contribution in [0.2, 0.25) is 5.02 Å². The third-order valence-corrected chi connectivity index (χ3v) is 3.97. The molecule has 0 radical (unpaired) electrons. The van der Waals surface area contributed by atoms with E-state index in [2.05, 4.69) is 22.8 Å². The predicted octanol–water partition coefficient (Wildman–Crippen LogP) is 5.01. The number of aromatic nitrogens is 1. The summed E-state index contributed by atoms with van der Waals surface area (Å²) in [5.41, 5.74) is 3.29. The van der Waals surface area contributed by atoms with Crippen LogP contribution >= 0.6 is 11.6 Å². The zero-order valence-corrected chi connectivity index (χ0v) is 12.8. The summed E-state index contributed by atoms with van der Waals surface area (Å²) in [6.45, 7) is 0. The minimum Gasteiger partial charge on any atom is -0.497 e. The van der Waals surface area contributed by atoms with E-state index in [4.69, 9.17) is 16.3 Å². The topological polar surface area (TPSA) is 14.2 Å². The minimum atomic E-state index is 0.759. The molecule has 0 saturated heterocycles. The van der Waals surface area contributed by atoms with Crippen LogP contribution in [0, 0.1) is 0 Å². The molecule has 0 unspecified atom stereocenters. The largest absolute Gasteiger partial charge is 0.497 e. The molecular weight excluding hydrogens is 282 g/mol. The second-order valence-corrected chi connectivity index (χ2v) is 5.32. The third kappa shape index (κ3) is 2.67. The molecule has 0 aliphatic rings. The first-order valence-electron chi connectivity index (χ1n) is 6.75. The summed E-state index contributed by atoms with van der Waals surface area (Å²) in [6.07, 6.45) is 4.11. The summed E-state index contributed by atoms with van der Waals surface area (Å²) in [4.78, 5) is 0. The van der Waals surface area contributed by atoms with E-state index in [-0.39, 0.29) is 0 Å². The molecule has 2 aromatic carbocycles. The highest BCUT2D eigenvalue weighted by Crippen LogP contribution is 2.25. The summed E-state index contributed by atoms with van der Waals surface area (Å²) in [6, 6.07) is 16.1. The second-order valence-electron chi connectivity index (χ2n) is 4.91. The van der Waals surface area contributed by atoms with Crippen molar-refractivity contribution in [3.63, 3.8) is 0 Å². The Bertz CT molecular complexity index is 817. The van der Waals surface area contributed by atoms with Crippen LogP contribution in [0.1, 0.15) is 11.3 Å². The molecule has 0 aliphatic carbocycles. The predicted molar refractivity (Wildman–Crippen MR) is 89.9 cm³/mol. The van der Waals surface area contributed by atoms with Gasteiger partial charge in [0, 0.05) is 29.2 Å². The van der Waals surface area contributed by atoms with Gasteiger partial charge in [-0.25, -0.2) is 0 Å². The Kier molecular flexibility index (Phi) is 3.72. The van der Waals surface area contributed by atoms with Crippen molar-refractivity contribution in [2.45, 2.75) is 0 Å². The van der Waals surface area contributed by atoms with Crippen molar-refractivity contribution in [2.75, 3.05) is 7.11 Å². The second kappa shape index (κ2) is 5.66. The van der Waals surface area contributed by atoms with Crippen molar-refractivity contribution in [1.29, 1.82) is 0 Å². The molecule has 0 aliphatic heterocycles. The summed E-state index contributed by atoms with van der Waals surface area (Å²) < 4.78 is 7.43. The number of hydrogen-bond acceptors (Lipinski definition) is 1. The molecule has 0 fully saturated rings. The van der Waals surface area contributed by atoms with Crippen LogP contribution in [0.5, 0.6) is 5.75 Å². The number of rotatable bonds is 3. The molecule has 0 saturated carbocycles. The summed E-state index contributed by atoms with van der Waals surface area (Å²) in [7, 11) is 3.73. The smallest absolute Gasteiger partial charge is 0.120 e. The van der Waals surface area contributed by atoms with E-state index in [9.17, 15) is 0 Å². The lowest BCUT2D eigenvalue weighted by atomic mass is 10.2. The molecule has 2 nitrogen and oxygen atoms in total. The molecule has 0 spiro atoms. The van der Waals surface area contributed by atoms with E-state index in [1.807, 2.05) is 49.5 Å². The van der Waals surface area contributed by atoms with Crippen LogP contribution in [-0.2, 0) is 7.05 Å². The van der Waals surface area contributed by atoms with E-state index in [1.165, 1.54) is 5.39 Å². The molecule has 106 valence electrons. The molecule has 3 rings (SSSR count). The Morgan fingerprint density at radius 2 is 1.86 bits per heavy atom. The number of methoxy groups -OCH3 is 1. The zero-order valence-electron chi connectivity index (χ0n) is 12.0. The van der Waals surface area contributed by atoms with Crippen molar-refractivity contribution < 1.29 is 4.74 Å². The van der Waals surface area contributed by atoms with Crippen LogP contribution in [0.4, 0.5) is 0 Å². The maximum atomic E-state index is 6.17. The first kappa shape index (κ1) is 13.8. The Hall–Kier alpha value is -2.19. The number of hydrogen-bond donors (Lipinski definition) is 0. The maximum absolute atomic E-state index is 6.17. The first-order chi connectivity index (χ1) is 10.2. The van der Waals surface area contributed by atoms with Gasteiger partial charge in [0.15, 0.2) is 0 Å². The summed E-state index contributed by atoms with van der Waals surface area (Å²) >= 11 is 6.17.